The molecule has 1 heterocycles. The van der Waals surface area contributed by atoms with Gasteiger partial charge in [-0.25, -0.2) is 23.5 Å². The molecule has 0 spiro atoms. The van der Waals surface area contributed by atoms with E-state index in [9.17, 15) is 19.5 Å². The van der Waals surface area contributed by atoms with E-state index in [1.54, 1.807) is 13.8 Å². The number of nitrogens with zero attached hydrogens (tertiary/aromatic N) is 3. The molecule has 7 heteroatoms. The number of unbranched alkanes of at least 4 members (excludes halogenated alkanes) is 4. The zero-order chi connectivity index (χ0) is 22.7. The van der Waals surface area contributed by atoms with Crippen LogP contribution in [0.3, 0.4) is 0 Å². The van der Waals surface area contributed by atoms with Crippen molar-refractivity contribution in [3.05, 3.63) is 21.0 Å². The first-order valence-corrected chi connectivity index (χ1v) is 11.2. The van der Waals surface area contributed by atoms with Gasteiger partial charge in [-0.2, -0.15) is 0 Å². The van der Waals surface area contributed by atoms with E-state index < -0.39 is 11.3 Å². The number of aliphatic hydroxyl groups is 1. The zero-order valence-corrected chi connectivity index (χ0v) is 19.4. The second-order valence-electron chi connectivity index (χ2n) is 8.57. The fourth-order valence-corrected chi connectivity index (χ4v) is 3.39. The van der Waals surface area contributed by atoms with E-state index in [0.717, 1.165) is 43.1 Å². The standard InChI is InChI=1S/C23H39N3O4/c1-6-7-14-19(2)23(4,30)16-18-26-22(29)24(5)21(28)25(26)17-13-11-9-8-10-12-15-20(3)27/h19,30H,6-10,12,14-18H2,1-5H3. The predicted octanol–water partition coefficient (Wildman–Crippen LogP) is 2.86. The zero-order valence-electron chi connectivity index (χ0n) is 19.4. The monoisotopic (exact) mass is 421 g/mol. The number of carbonyl (C=O) groups is 1. The molecular formula is C23H39N3O4. The number of Topliss-reactive ketones (excluding diaryl/α,β-unsaturated/α-hetero) is 1. The summed E-state index contributed by atoms with van der Waals surface area (Å²) in [7, 11) is 1.46. The van der Waals surface area contributed by atoms with Gasteiger partial charge in [0, 0.05) is 26.4 Å². The Kier molecular flexibility index (Phi) is 10.9. The summed E-state index contributed by atoms with van der Waals surface area (Å²) in [6.07, 6.45) is 7.51. The molecule has 0 fully saturated rings. The smallest absolute Gasteiger partial charge is 0.347 e. The van der Waals surface area contributed by atoms with Crippen LogP contribution < -0.4 is 11.4 Å². The van der Waals surface area contributed by atoms with Crippen LogP contribution >= 0.6 is 0 Å². The van der Waals surface area contributed by atoms with Crippen molar-refractivity contribution in [2.45, 2.75) is 104 Å². The second kappa shape index (κ2) is 12.6. The maximum Gasteiger partial charge on any atom is 0.347 e. The van der Waals surface area contributed by atoms with Crippen LogP contribution in [-0.2, 0) is 24.9 Å². The Morgan fingerprint density at radius 1 is 1.10 bits per heavy atom. The van der Waals surface area contributed by atoms with Gasteiger partial charge in [-0.1, -0.05) is 39.0 Å². The van der Waals surface area contributed by atoms with Gasteiger partial charge in [-0.15, -0.1) is 5.92 Å². The van der Waals surface area contributed by atoms with Crippen LogP contribution in [0.2, 0.25) is 0 Å². The lowest BCUT2D eigenvalue weighted by Gasteiger charge is -2.30. The first-order valence-electron chi connectivity index (χ1n) is 11.2. The van der Waals surface area contributed by atoms with Gasteiger partial charge >= 0.3 is 11.4 Å². The van der Waals surface area contributed by atoms with Crippen LogP contribution in [0, 0.1) is 17.8 Å². The molecule has 0 aliphatic rings. The van der Waals surface area contributed by atoms with E-state index in [-0.39, 0.29) is 30.5 Å². The number of ketones is 1. The van der Waals surface area contributed by atoms with Crippen molar-refractivity contribution in [2.75, 3.05) is 0 Å². The lowest BCUT2D eigenvalue weighted by atomic mass is 9.84. The molecule has 1 aromatic rings. The fourth-order valence-electron chi connectivity index (χ4n) is 3.39. The van der Waals surface area contributed by atoms with Gasteiger partial charge in [0.05, 0.1) is 5.60 Å². The summed E-state index contributed by atoms with van der Waals surface area (Å²) < 4.78 is 3.83. The summed E-state index contributed by atoms with van der Waals surface area (Å²) in [5.74, 6) is 6.35. The minimum Gasteiger partial charge on any atom is -0.390 e. The molecule has 0 bridgehead atoms. The van der Waals surface area contributed by atoms with Gasteiger partial charge < -0.3 is 9.90 Å². The average molecular weight is 422 g/mol. The fraction of sp³-hybridized carbons (Fsp3) is 0.783. The summed E-state index contributed by atoms with van der Waals surface area (Å²) in [5.41, 5.74) is -1.69. The second-order valence-corrected chi connectivity index (χ2v) is 8.57. The summed E-state index contributed by atoms with van der Waals surface area (Å²) in [5, 5.41) is 10.8. The molecule has 30 heavy (non-hydrogen) atoms. The summed E-state index contributed by atoms with van der Waals surface area (Å²) in [4.78, 5) is 35.8. The third-order valence-electron chi connectivity index (χ3n) is 5.87. The number of carbonyl (C=O) groups excluding carboxylic acids is 1. The predicted molar refractivity (Wildman–Crippen MR) is 119 cm³/mol. The third kappa shape index (κ3) is 7.98. The lowest BCUT2D eigenvalue weighted by molar-refractivity contribution is -0.117. The first kappa shape index (κ1) is 26.0. The van der Waals surface area contributed by atoms with Crippen molar-refractivity contribution >= 4 is 5.78 Å². The van der Waals surface area contributed by atoms with Crippen LogP contribution in [0.4, 0.5) is 0 Å². The van der Waals surface area contributed by atoms with Crippen molar-refractivity contribution in [2.24, 2.45) is 13.0 Å². The summed E-state index contributed by atoms with van der Waals surface area (Å²) in [6.45, 7) is 7.97. The van der Waals surface area contributed by atoms with Gasteiger partial charge in [-0.3, -0.25) is 0 Å². The Labute approximate surface area is 180 Å². The number of hydrogen-bond donors (Lipinski definition) is 1. The molecule has 0 saturated heterocycles. The first-order chi connectivity index (χ1) is 14.1. The molecule has 7 nitrogen and oxygen atoms in total. The normalized spacial score (nSPS) is 14.1. The van der Waals surface area contributed by atoms with E-state index in [1.807, 2.05) is 6.92 Å². The Hall–Kier alpha value is -2.07. The van der Waals surface area contributed by atoms with Crippen molar-refractivity contribution in [3.63, 3.8) is 0 Å². The molecule has 1 N–H and O–H groups in total. The number of hydrogen-bond acceptors (Lipinski definition) is 4. The lowest BCUT2D eigenvalue weighted by Crippen LogP contribution is -2.37. The van der Waals surface area contributed by atoms with Crippen LogP contribution in [0.15, 0.2) is 9.59 Å². The van der Waals surface area contributed by atoms with Crippen LogP contribution in [0.5, 0.6) is 0 Å². The maximum atomic E-state index is 12.5. The number of rotatable bonds is 13. The largest absolute Gasteiger partial charge is 0.390 e. The molecule has 170 valence electrons. The molecule has 0 aliphatic heterocycles. The third-order valence-corrected chi connectivity index (χ3v) is 5.87. The quantitative estimate of drug-likeness (QED) is 0.392. The van der Waals surface area contributed by atoms with Gasteiger partial charge in [0.25, 0.3) is 0 Å². The van der Waals surface area contributed by atoms with E-state index in [0.29, 0.717) is 19.3 Å². The highest BCUT2D eigenvalue weighted by Gasteiger charge is 2.28. The van der Waals surface area contributed by atoms with Crippen LogP contribution in [-0.4, -0.2) is 30.4 Å². The van der Waals surface area contributed by atoms with Crippen LogP contribution in [0.1, 0.15) is 85.5 Å². The molecule has 0 aliphatic carbocycles. The molecule has 1 rings (SSSR count). The van der Waals surface area contributed by atoms with E-state index in [2.05, 4.69) is 18.8 Å². The molecule has 1 aromatic heterocycles. The SMILES string of the molecule is CCCCC(C)C(C)(O)CCn1c(=O)n(C)c(=O)n1CC#CCCCCCC(C)=O. The van der Waals surface area contributed by atoms with Crippen LogP contribution in [0.25, 0.3) is 0 Å². The molecule has 0 aromatic carbocycles. The molecule has 0 amide bonds. The van der Waals surface area contributed by atoms with Crippen molar-refractivity contribution in [3.8, 4) is 11.8 Å². The van der Waals surface area contributed by atoms with E-state index in [1.165, 1.54) is 16.4 Å². The van der Waals surface area contributed by atoms with Crippen molar-refractivity contribution in [1.29, 1.82) is 0 Å². The molecule has 0 saturated carbocycles. The summed E-state index contributed by atoms with van der Waals surface area (Å²) >= 11 is 0. The molecule has 0 radical (unpaired) electrons. The molecule has 2 atom stereocenters. The Balaban J connectivity index is 2.74. The van der Waals surface area contributed by atoms with Gasteiger partial charge in [-0.05, 0) is 45.4 Å². The summed E-state index contributed by atoms with van der Waals surface area (Å²) in [6, 6.07) is 0. The molecular weight excluding hydrogens is 382 g/mol. The van der Waals surface area contributed by atoms with Crippen molar-refractivity contribution < 1.29 is 9.90 Å². The average Bonchev–Trinajstić information content (AvgIpc) is 2.89. The Morgan fingerprint density at radius 3 is 2.40 bits per heavy atom. The van der Waals surface area contributed by atoms with Crippen molar-refractivity contribution in [1.82, 2.24) is 13.9 Å². The number of aromatic nitrogens is 3. The minimum atomic E-state index is -0.906. The highest BCUT2D eigenvalue weighted by Crippen LogP contribution is 2.26. The van der Waals surface area contributed by atoms with Gasteiger partial charge in [0.2, 0.25) is 0 Å². The topological polar surface area (TPSA) is 86.2 Å². The molecule has 2 unspecified atom stereocenters. The minimum absolute atomic E-state index is 0.111. The Morgan fingerprint density at radius 2 is 1.77 bits per heavy atom. The Bertz CT molecular complexity index is 849. The highest BCUT2D eigenvalue weighted by atomic mass is 16.3. The van der Waals surface area contributed by atoms with Gasteiger partial charge in [0.15, 0.2) is 0 Å². The van der Waals surface area contributed by atoms with E-state index in [4.69, 9.17) is 0 Å². The highest BCUT2D eigenvalue weighted by molar-refractivity contribution is 5.75. The maximum absolute atomic E-state index is 12.5. The van der Waals surface area contributed by atoms with Gasteiger partial charge in [0.1, 0.15) is 12.3 Å². The van der Waals surface area contributed by atoms with E-state index >= 15 is 0 Å².